The van der Waals surface area contributed by atoms with Gasteiger partial charge in [-0.05, 0) is 97.6 Å². The number of phenols is 2. The average Bonchev–Trinajstić information content (AvgIpc) is 2.91. The van der Waals surface area contributed by atoms with Gasteiger partial charge in [0.15, 0.2) is 0 Å². The molecule has 0 radical (unpaired) electrons. The molecule has 0 aliphatic rings. The molecule has 0 bridgehead atoms. The minimum absolute atomic E-state index is 0.112. The lowest BCUT2D eigenvalue weighted by Gasteiger charge is -2.12. The minimum Gasteiger partial charge on any atom is -0.508 e. The number of aromatic hydroxyl groups is 2. The number of hydrogen-bond acceptors (Lipinski definition) is 6. The van der Waals surface area contributed by atoms with Crippen LogP contribution in [-0.2, 0) is 19.1 Å². The molecule has 0 aromatic heterocycles. The first kappa shape index (κ1) is 35.0. The summed E-state index contributed by atoms with van der Waals surface area (Å²) < 4.78 is 10.4. The Labute approximate surface area is 242 Å². The maximum Gasteiger partial charge on any atom is 0.305 e. The van der Waals surface area contributed by atoms with E-state index in [1.807, 2.05) is 24.3 Å². The molecule has 0 heterocycles. The smallest absolute Gasteiger partial charge is 0.305 e. The number of rotatable bonds is 16. The SMILES string of the molecule is CC(C)CCCOC(=O)CCC(C)c1ccc(O)cc1.CC(C)CCCOC(=O)CCC(C)c1ccc(O)cc1. The van der Waals surface area contributed by atoms with Gasteiger partial charge in [0.25, 0.3) is 0 Å². The normalized spacial score (nSPS) is 12.4. The van der Waals surface area contributed by atoms with Crippen LogP contribution in [0.4, 0.5) is 0 Å². The molecule has 2 aromatic rings. The van der Waals surface area contributed by atoms with E-state index in [9.17, 15) is 19.8 Å². The Hall–Kier alpha value is -3.02. The van der Waals surface area contributed by atoms with E-state index >= 15 is 0 Å². The van der Waals surface area contributed by atoms with Crippen molar-refractivity contribution < 1.29 is 29.3 Å². The third kappa shape index (κ3) is 16.8. The predicted octanol–water partition coefficient (Wildman–Crippen LogP) is 8.51. The highest BCUT2D eigenvalue weighted by Gasteiger charge is 2.11. The number of hydrogen-bond donors (Lipinski definition) is 2. The van der Waals surface area contributed by atoms with Crippen LogP contribution < -0.4 is 0 Å². The molecule has 2 atom stereocenters. The number of benzene rings is 2. The van der Waals surface area contributed by atoms with Gasteiger partial charge >= 0.3 is 11.9 Å². The molecule has 0 aliphatic carbocycles. The zero-order chi connectivity index (χ0) is 29.9. The molecule has 0 saturated carbocycles. The molecule has 0 fully saturated rings. The highest BCUT2D eigenvalue weighted by Crippen LogP contribution is 2.24. The van der Waals surface area contributed by atoms with E-state index in [1.54, 1.807) is 24.3 Å². The summed E-state index contributed by atoms with van der Waals surface area (Å²) in [6.45, 7) is 13.9. The standard InChI is InChI=1S/2C17H26O3/c2*1-13(2)5-4-12-20-17(19)11-6-14(3)15-7-9-16(18)10-8-15/h2*7-10,13-14,18H,4-6,11-12H2,1-3H3. The van der Waals surface area contributed by atoms with Crippen molar-refractivity contribution in [2.45, 2.75) is 105 Å². The summed E-state index contributed by atoms with van der Waals surface area (Å²) >= 11 is 0. The number of ether oxygens (including phenoxy) is 2. The molecule has 2 rings (SSSR count). The molecule has 0 amide bonds. The van der Waals surface area contributed by atoms with Crippen LogP contribution in [0.15, 0.2) is 48.5 Å². The zero-order valence-electron chi connectivity index (χ0n) is 25.5. The Balaban J connectivity index is 0.000000400. The van der Waals surface area contributed by atoms with Gasteiger partial charge in [0.1, 0.15) is 11.5 Å². The monoisotopic (exact) mass is 556 g/mol. The summed E-state index contributed by atoms with van der Waals surface area (Å²) in [6.07, 6.45) is 6.51. The first-order valence-corrected chi connectivity index (χ1v) is 14.9. The van der Waals surface area contributed by atoms with E-state index in [4.69, 9.17) is 9.47 Å². The summed E-state index contributed by atoms with van der Waals surface area (Å²) in [5, 5.41) is 18.5. The second kappa shape index (κ2) is 19.9. The fraction of sp³-hybridized carbons (Fsp3) is 0.588. The Bertz CT molecular complexity index is 870. The van der Waals surface area contributed by atoms with E-state index in [1.165, 1.54) is 0 Å². The highest BCUT2D eigenvalue weighted by molar-refractivity contribution is 5.69. The van der Waals surface area contributed by atoms with Crippen molar-refractivity contribution in [3.8, 4) is 11.5 Å². The molecule has 6 heteroatoms. The largest absolute Gasteiger partial charge is 0.508 e. The van der Waals surface area contributed by atoms with Crippen LogP contribution in [-0.4, -0.2) is 35.4 Å². The van der Waals surface area contributed by atoms with Gasteiger partial charge in [-0.15, -0.1) is 0 Å². The second-order valence-electron chi connectivity index (χ2n) is 11.6. The molecule has 0 aliphatic heterocycles. The number of esters is 2. The van der Waals surface area contributed by atoms with Crippen LogP contribution in [0.25, 0.3) is 0 Å². The lowest BCUT2D eigenvalue weighted by atomic mass is 9.96. The van der Waals surface area contributed by atoms with Crippen molar-refractivity contribution in [1.29, 1.82) is 0 Å². The maximum atomic E-state index is 11.6. The molecule has 2 aromatic carbocycles. The zero-order valence-corrected chi connectivity index (χ0v) is 25.5. The minimum atomic E-state index is -0.112. The molecule has 6 nitrogen and oxygen atoms in total. The van der Waals surface area contributed by atoms with Gasteiger partial charge in [0.05, 0.1) is 13.2 Å². The van der Waals surface area contributed by atoms with Crippen molar-refractivity contribution in [1.82, 2.24) is 0 Å². The number of phenolic OH excluding ortho intramolecular Hbond substituents is 2. The summed E-state index contributed by atoms with van der Waals surface area (Å²) in [6, 6.07) is 14.3. The van der Waals surface area contributed by atoms with Crippen LogP contribution in [0.1, 0.15) is 116 Å². The van der Waals surface area contributed by atoms with E-state index in [-0.39, 0.29) is 23.4 Å². The van der Waals surface area contributed by atoms with Crippen molar-refractivity contribution in [3.63, 3.8) is 0 Å². The molecule has 0 spiro atoms. The van der Waals surface area contributed by atoms with Crippen LogP contribution >= 0.6 is 0 Å². The first-order chi connectivity index (χ1) is 19.0. The van der Waals surface area contributed by atoms with Crippen LogP contribution in [0, 0.1) is 11.8 Å². The quantitative estimate of drug-likeness (QED) is 0.159. The second-order valence-corrected chi connectivity index (χ2v) is 11.6. The van der Waals surface area contributed by atoms with Crippen LogP contribution in [0.5, 0.6) is 11.5 Å². The Morgan fingerprint density at radius 2 is 0.900 bits per heavy atom. The van der Waals surface area contributed by atoms with E-state index in [0.717, 1.165) is 49.7 Å². The van der Waals surface area contributed by atoms with E-state index in [2.05, 4.69) is 41.5 Å². The topological polar surface area (TPSA) is 93.1 Å². The molecule has 2 unspecified atom stereocenters. The van der Waals surface area contributed by atoms with Crippen LogP contribution in [0.3, 0.4) is 0 Å². The van der Waals surface area contributed by atoms with Crippen molar-refractivity contribution in [2.24, 2.45) is 11.8 Å². The molecular weight excluding hydrogens is 504 g/mol. The predicted molar refractivity (Wildman–Crippen MR) is 162 cm³/mol. The fourth-order valence-electron chi connectivity index (χ4n) is 4.11. The number of carbonyl (C=O) groups excluding carboxylic acids is 2. The van der Waals surface area contributed by atoms with Gasteiger partial charge in [0.2, 0.25) is 0 Å². The highest BCUT2D eigenvalue weighted by atomic mass is 16.5. The number of carbonyl (C=O) groups is 2. The van der Waals surface area contributed by atoms with Gasteiger partial charge in [-0.25, -0.2) is 0 Å². The lowest BCUT2D eigenvalue weighted by Crippen LogP contribution is -2.08. The third-order valence-corrected chi connectivity index (χ3v) is 6.86. The summed E-state index contributed by atoms with van der Waals surface area (Å²) in [5.41, 5.74) is 2.27. The third-order valence-electron chi connectivity index (χ3n) is 6.86. The molecule has 2 N–H and O–H groups in total. The van der Waals surface area contributed by atoms with Gasteiger partial charge in [-0.1, -0.05) is 65.8 Å². The van der Waals surface area contributed by atoms with Gasteiger partial charge < -0.3 is 19.7 Å². The van der Waals surface area contributed by atoms with E-state index < -0.39 is 0 Å². The summed E-state index contributed by atoms with van der Waals surface area (Å²) in [7, 11) is 0. The summed E-state index contributed by atoms with van der Waals surface area (Å²) in [5.74, 6) is 2.21. The Morgan fingerprint density at radius 1 is 0.575 bits per heavy atom. The maximum absolute atomic E-state index is 11.6. The lowest BCUT2D eigenvalue weighted by molar-refractivity contribution is -0.144. The molecule has 0 saturated heterocycles. The fourth-order valence-corrected chi connectivity index (χ4v) is 4.11. The van der Waals surface area contributed by atoms with Gasteiger partial charge in [-0.2, -0.15) is 0 Å². The van der Waals surface area contributed by atoms with Gasteiger partial charge in [0, 0.05) is 12.8 Å². The van der Waals surface area contributed by atoms with E-state index in [0.29, 0.717) is 49.7 Å². The van der Waals surface area contributed by atoms with Crippen molar-refractivity contribution in [2.75, 3.05) is 13.2 Å². The molecule has 40 heavy (non-hydrogen) atoms. The Kier molecular flexibility index (Phi) is 17.5. The van der Waals surface area contributed by atoms with Crippen LogP contribution in [0.2, 0.25) is 0 Å². The summed E-state index contributed by atoms with van der Waals surface area (Å²) in [4.78, 5) is 23.2. The first-order valence-electron chi connectivity index (χ1n) is 14.9. The van der Waals surface area contributed by atoms with Gasteiger partial charge in [-0.3, -0.25) is 9.59 Å². The van der Waals surface area contributed by atoms with Crippen molar-refractivity contribution in [3.05, 3.63) is 59.7 Å². The van der Waals surface area contributed by atoms with Crippen molar-refractivity contribution >= 4 is 11.9 Å². The Morgan fingerprint density at radius 3 is 1.20 bits per heavy atom. The molecule has 224 valence electrons. The average molecular weight is 557 g/mol. The molecular formula is C34H52O6.